The highest BCUT2D eigenvalue weighted by atomic mass is 32.2. The second kappa shape index (κ2) is 4.19. The fourth-order valence-electron chi connectivity index (χ4n) is 0.645. The van der Waals surface area contributed by atoms with Crippen LogP contribution in [0, 0.1) is 0 Å². The molecule has 3 nitrogen and oxygen atoms in total. The van der Waals surface area contributed by atoms with Crippen LogP contribution in [-0.2, 0) is 14.3 Å². The Hall–Kier alpha value is -0.0900. The highest BCUT2D eigenvalue weighted by Crippen LogP contribution is 2.27. The van der Waals surface area contributed by atoms with Gasteiger partial charge in [0, 0.05) is 0 Å². The Morgan fingerprint density at radius 3 is 1.71 bits per heavy atom. The van der Waals surface area contributed by atoms with Gasteiger partial charge >= 0.3 is 0 Å². The van der Waals surface area contributed by atoms with Gasteiger partial charge in [0.1, 0.15) is 0 Å². The fraction of sp³-hybridized carbons (Fsp3) is 1.00. The lowest BCUT2D eigenvalue weighted by molar-refractivity contribution is 0.108. The Kier molecular flexibility index (Phi) is 4.16. The van der Waals surface area contributed by atoms with E-state index in [1.807, 2.05) is 13.8 Å². The van der Waals surface area contributed by atoms with E-state index in [1.165, 1.54) is 0 Å². The predicted octanol–water partition coefficient (Wildman–Crippen LogP) is 2.71. The van der Waals surface area contributed by atoms with Gasteiger partial charge in [0.05, 0.1) is 10.3 Å². The van der Waals surface area contributed by atoms with Crippen LogP contribution in [-0.4, -0.2) is 18.8 Å². The van der Waals surface area contributed by atoms with Crippen LogP contribution in [0.15, 0.2) is 0 Å². The standard InChI is InChI=1S/C10H22O3S/c1-7-9(3,4)13-14(11,12)10(5,6)8-2/h7-8H2,1-6H3. The van der Waals surface area contributed by atoms with Crippen LogP contribution in [0.1, 0.15) is 54.4 Å². The third-order valence-corrected chi connectivity index (χ3v) is 5.03. The number of hydrogen-bond acceptors (Lipinski definition) is 3. The topological polar surface area (TPSA) is 43.4 Å². The van der Waals surface area contributed by atoms with Crippen LogP contribution in [0.5, 0.6) is 0 Å². The van der Waals surface area contributed by atoms with Crippen molar-refractivity contribution in [3.8, 4) is 0 Å². The van der Waals surface area contributed by atoms with Gasteiger partial charge in [-0.2, -0.15) is 8.42 Å². The van der Waals surface area contributed by atoms with Crippen molar-refractivity contribution in [2.45, 2.75) is 64.7 Å². The second-order valence-corrected chi connectivity index (χ2v) is 6.94. The van der Waals surface area contributed by atoms with E-state index in [0.717, 1.165) is 0 Å². The van der Waals surface area contributed by atoms with Gasteiger partial charge in [0.25, 0.3) is 10.1 Å². The van der Waals surface area contributed by atoms with Crippen LogP contribution in [0.25, 0.3) is 0 Å². The molecule has 0 saturated heterocycles. The molecular formula is C10H22O3S. The molecule has 0 radical (unpaired) electrons. The Morgan fingerprint density at radius 2 is 1.43 bits per heavy atom. The summed E-state index contributed by atoms with van der Waals surface area (Å²) in [6.45, 7) is 10.7. The summed E-state index contributed by atoms with van der Waals surface area (Å²) >= 11 is 0. The number of hydrogen-bond donors (Lipinski definition) is 0. The molecule has 0 aliphatic carbocycles. The normalized spacial score (nSPS) is 14.4. The van der Waals surface area contributed by atoms with Gasteiger partial charge in [-0.15, -0.1) is 0 Å². The summed E-state index contributed by atoms with van der Waals surface area (Å²) in [5.41, 5.74) is -0.606. The van der Waals surface area contributed by atoms with Crippen LogP contribution in [0.4, 0.5) is 0 Å². The SMILES string of the molecule is CCC(C)(C)OS(=O)(=O)C(C)(C)CC. The average Bonchev–Trinajstić information content (AvgIpc) is 2.02. The molecule has 0 spiro atoms. The van der Waals surface area contributed by atoms with Gasteiger partial charge in [-0.25, -0.2) is 0 Å². The molecule has 4 heteroatoms. The molecular weight excluding hydrogens is 200 g/mol. The average molecular weight is 222 g/mol. The van der Waals surface area contributed by atoms with E-state index in [9.17, 15) is 8.42 Å². The first-order chi connectivity index (χ1) is 6.08. The van der Waals surface area contributed by atoms with Gasteiger partial charge in [-0.1, -0.05) is 13.8 Å². The molecule has 0 aromatic carbocycles. The largest absolute Gasteiger partial charge is 0.273 e. The second-order valence-electron chi connectivity index (χ2n) is 4.76. The summed E-state index contributed by atoms with van der Waals surface area (Å²) in [4.78, 5) is 0. The van der Waals surface area contributed by atoms with Crippen LogP contribution in [0.3, 0.4) is 0 Å². The summed E-state index contributed by atoms with van der Waals surface area (Å²) in [6.07, 6.45) is 1.22. The molecule has 0 aromatic heterocycles. The minimum absolute atomic E-state index is 0.551. The van der Waals surface area contributed by atoms with Crippen molar-refractivity contribution < 1.29 is 12.6 Å². The van der Waals surface area contributed by atoms with Gasteiger partial charge in [0.15, 0.2) is 0 Å². The lowest BCUT2D eigenvalue weighted by Crippen LogP contribution is -2.38. The first-order valence-corrected chi connectivity index (χ1v) is 6.44. The predicted molar refractivity (Wildman–Crippen MR) is 58.7 cm³/mol. The highest BCUT2D eigenvalue weighted by Gasteiger charge is 2.37. The fourth-order valence-corrected chi connectivity index (χ4v) is 1.94. The van der Waals surface area contributed by atoms with Crippen molar-refractivity contribution in [2.75, 3.05) is 0 Å². The molecule has 0 rings (SSSR count). The van der Waals surface area contributed by atoms with Gasteiger partial charge in [0.2, 0.25) is 0 Å². The van der Waals surface area contributed by atoms with Crippen molar-refractivity contribution in [3.05, 3.63) is 0 Å². The van der Waals surface area contributed by atoms with Crippen molar-refractivity contribution in [2.24, 2.45) is 0 Å². The highest BCUT2D eigenvalue weighted by molar-refractivity contribution is 7.88. The number of rotatable bonds is 5. The maximum atomic E-state index is 11.8. The molecule has 0 aliphatic heterocycles. The molecule has 0 atom stereocenters. The first kappa shape index (κ1) is 13.9. The van der Waals surface area contributed by atoms with Gasteiger partial charge in [-0.05, 0) is 40.5 Å². The van der Waals surface area contributed by atoms with E-state index < -0.39 is 20.5 Å². The zero-order chi connectivity index (χ0) is 11.6. The monoisotopic (exact) mass is 222 g/mol. The molecule has 0 fully saturated rings. The lowest BCUT2D eigenvalue weighted by atomic mass is 10.1. The van der Waals surface area contributed by atoms with Crippen molar-refractivity contribution >= 4 is 10.1 Å². The van der Waals surface area contributed by atoms with E-state index >= 15 is 0 Å². The third-order valence-electron chi connectivity index (χ3n) is 2.71. The minimum atomic E-state index is -3.48. The zero-order valence-corrected chi connectivity index (χ0v) is 10.9. The maximum Gasteiger partial charge on any atom is 0.273 e. The molecule has 0 unspecified atom stereocenters. The van der Waals surface area contributed by atoms with Crippen LogP contribution in [0.2, 0.25) is 0 Å². The van der Waals surface area contributed by atoms with Gasteiger partial charge < -0.3 is 0 Å². The molecule has 0 aromatic rings. The van der Waals surface area contributed by atoms with Crippen molar-refractivity contribution in [1.82, 2.24) is 0 Å². The van der Waals surface area contributed by atoms with E-state index in [4.69, 9.17) is 4.18 Å². The molecule has 0 bridgehead atoms. The molecule has 0 N–H and O–H groups in total. The minimum Gasteiger partial charge on any atom is -0.264 e. The molecule has 0 aliphatic rings. The van der Waals surface area contributed by atoms with Crippen LogP contribution < -0.4 is 0 Å². The van der Waals surface area contributed by atoms with Gasteiger partial charge in [-0.3, -0.25) is 4.18 Å². The van der Waals surface area contributed by atoms with Crippen LogP contribution >= 0.6 is 0 Å². The maximum absolute atomic E-state index is 11.8. The summed E-state index contributed by atoms with van der Waals surface area (Å²) in [5, 5.41) is 0. The summed E-state index contributed by atoms with van der Waals surface area (Å²) in [5.74, 6) is 0. The quantitative estimate of drug-likeness (QED) is 0.672. The molecule has 14 heavy (non-hydrogen) atoms. The van der Waals surface area contributed by atoms with Crippen molar-refractivity contribution in [1.29, 1.82) is 0 Å². The molecule has 0 amide bonds. The Morgan fingerprint density at radius 1 is 1.00 bits per heavy atom. The van der Waals surface area contributed by atoms with Crippen molar-refractivity contribution in [3.63, 3.8) is 0 Å². The molecule has 0 heterocycles. The van der Waals surface area contributed by atoms with E-state index in [2.05, 4.69) is 0 Å². The lowest BCUT2D eigenvalue weighted by Gasteiger charge is -2.29. The third kappa shape index (κ3) is 3.24. The zero-order valence-electron chi connectivity index (χ0n) is 10.0. The smallest absolute Gasteiger partial charge is 0.264 e. The van der Waals surface area contributed by atoms with E-state index in [0.29, 0.717) is 12.8 Å². The molecule has 0 saturated carbocycles. The molecule has 86 valence electrons. The Balaban J connectivity index is 4.85. The summed E-state index contributed by atoms with van der Waals surface area (Å²) in [6, 6.07) is 0. The van der Waals surface area contributed by atoms with E-state index in [-0.39, 0.29) is 0 Å². The summed E-state index contributed by atoms with van der Waals surface area (Å²) in [7, 11) is -3.48. The Labute approximate surface area is 88.0 Å². The van der Waals surface area contributed by atoms with E-state index in [1.54, 1.807) is 27.7 Å². The Bertz CT molecular complexity index is 276. The first-order valence-electron chi connectivity index (χ1n) is 5.03. The summed E-state index contributed by atoms with van der Waals surface area (Å²) < 4.78 is 28.1.